The van der Waals surface area contributed by atoms with Gasteiger partial charge in [0.05, 0.1) is 0 Å². The van der Waals surface area contributed by atoms with E-state index in [4.69, 9.17) is 0 Å². The van der Waals surface area contributed by atoms with Crippen molar-refractivity contribution < 1.29 is 9.59 Å². The Morgan fingerprint density at radius 3 is 2.13 bits per heavy atom. The third-order valence-corrected chi connectivity index (χ3v) is 4.10. The van der Waals surface area contributed by atoms with Crippen LogP contribution in [-0.2, 0) is 16.1 Å². The molecule has 0 bridgehead atoms. The van der Waals surface area contributed by atoms with Gasteiger partial charge in [-0.2, -0.15) is 0 Å². The topological polar surface area (TPSA) is 49.4 Å². The van der Waals surface area contributed by atoms with E-state index in [9.17, 15) is 9.59 Å². The Kier molecular flexibility index (Phi) is 3.90. The summed E-state index contributed by atoms with van der Waals surface area (Å²) in [5.74, 6) is -0.216. The molecule has 0 aliphatic carbocycles. The van der Waals surface area contributed by atoms with E-state index in [1.807, 2.05) is 60.7 Å². The average molecular weight is 308 g/mol. The molecule has 3 rings (SSSR count). The maximum Gasteiger partial charge on any atom is 0.249 e. The van der Waals surface area contributed by atoms with Gasteiger partial charge in [0.1, 0.15) is 11.6 Å². The number of nitrogens with zero attached hydrogens (tertiary/aromatic N) is 1. The zero-order chi connectivity index (χ0) is 16.4. The van der Waals surface area contributed by atoms with Gasteiger partial charge in [-0.05, 0) is 25.0 Å². The van der Waals surface area contributed by atoms with Crippen LogP contribution < -0.4 is 5.32 Å². The first-order valence-electron chi connectivity index (χ1n) is 7.71. The number of nitrogens with one attached hydrogen (secondary N) is 1. The average Bonchev–Trinajstić information content (AvgIpc) is 2.54. The minimum Gasteiger partial charge on any atom is -0.340 e. The number of benzene rings is 2. The highest BCUT2D eigenvalue weighted by molar-refractivity contribution is 5.99. The van der Waals surface area contributed by atoms with Crippen LogP contribution >= 0.6 is 0 Å². The molecule has 1 aliphatic rings. The first kappa shape index (κ1) is 15.3. The van der Waals surface area contributed by atoms with E-state index in [-0.39, 0.29) is 11.8 Å². The van der Waals surface area contributed by atoms with Crippen LogP contribution in [0.2, 0.25) is 0 Å². The lowest BCUT2D eigenvalue weighted by Gasteiger charge is -2.43. The van der Waals surface area contributed by atoms with Gasteiger partial charge in [-0.3, -0.25) is 9.59 Å². The van der Waals surface area contributed by atoms with Gasteiger partial charge >= 0.3 is 0 Å². The third-order valence-electron chi connectivity index (χ3n) is 4.10. The Morgan fingerprint density at radius 2 is 1.52 bits per heavy atom. The van der Waals surface area contributed by atoms with E-state index in [2.05, 4.69) is 5.32 Å². The Hall–Kier alpha value is -2.62. The van der Waals surface area contributed by atoms with Gasteiger partial charge in [0.2, 0.25) is 11.8 Å². The van der Waals surface area contributed by atoms with Gasteiger partial charge < -0.3 is 10.2 Å². The molecule has 1 N–H and O–H groups in total. The standard InChI is InChI=1S/C19H20N2O2/c1-19(2)18(23)21(13-14-9-5-3-6-10-14)16(17(22)20-19)15-11-7-4-8-12-15/h3-12,16H,13H2,1-2H3,(H,20,22). The summed E-state index contributed by atoms with van der Waals surface area (Å²) < 4.78 is 0. The van der Waals surface area contributed by atoms with Gasteiger partial charge in [-0.1, -0.05) is 60.7 Å². The molecule has 1 atom stereocenters. The van der Waals surface area contributed by atoms with Crippen molar-refractivity contribution in [2.45, 2.75) is 32.0 Å². The van der Waals surface area contributed by atoms with Crippen molar-refractivity contribution in [3.8, 4) is 0 Å². The Bertz CT molecular complexity index is 711. The smallest absolute Gasteiger partial charge is 0.249 e. The highest BCUT2D eigenvalue weighted by atomic mass is 16.2. The molecule has 0 radical (unpaired) electrons. The zero-order valence-corrected chi connectivity index (χ0v) is 13.3. The second-order valence-electron chi connectivity index (χ2n) is 6.35. The summed E-state index contributed by atoms with van der Waals surface area (Å²) in [6, 6.07) is 18.6. The third kappa shape index (κ3) is 2.97. The van der Waals surface area contributed by atoms with Gasteiger partial charge in [-0.25, -0.2) is 0 Å². The van der Waals surface area contributed by atoms with E-state index in [0.29, 0.717) is 6.54 Å². The number of hydrogen-bond acceptors (Lipinski definition) is 2. The SMILES string of the molecule is CC1(C)NC(=O)C(c2ccccc2)N(Cc2ccccc2)C1=O. The molecule has 2 amide bonds. The number of carbonyl (C=O) groups excluding carboxylic acids is 2. The van der Waals surface area contributed by atoms with E-state index >= 15 is 0 Å². The van der Waals surface area contributed by atoms with Crippen molar-refractivity contribution in [2.24, 2.45) is 0 Å². The molecule has 118 valence electrons. The first-order valence-corrected chi connectivity index (χ1v) is 7.71. The molecule has 23 heavy (non-hydrogen) atoms. The molecule has 0 spiro atoms. The summed E-state index contributed by atoms with van der Waals surface area (Å²) in [4.78, 5) is 27.2. The van der Waals surface area contributed by atoms with Gasteiger partial charge in [0.25, 0.3) is 0 Å². The highest BCUT2D eigenvalue weighted by Crippen LogP contribution is 2.30. The largest absolute Gasteiger partial charge is 0.340 e. The van der Waals surface area contributed by atoms with E-state index in [1.54, 1.807) is 18.7 Å². The van der Waals surface area contributed by atoms with Gasteiger partial charge in [0.15, 0.2) is 0 Å². The fraction of sp³-hybridized carbons (Fsp3) is 0.263. The fourth-order valence-corrected chi connectivity index (χ4v) is 2.96. The van der Waals surface area contributed by atoms with Crippen LogP contribution in [0.4, 0.5) is 0 Å². The summed E-state index contributed by atoms with van der Waals surface area (Å²) in [6.45, 7) is 3.90. The maximum absolute atomic E-state index is 12.9. The summed E-state index contributed by atoms with van der Waals surface area (Å²) in [5.41, 5.74) is 0.939. The second kappa shape index (κ2) is 5.88. The summed E-state index contributed by atoms with van der Waals surface area (Å²) >= 11 is 0. The Morgan fingerprint density at radius 1 is 0.957 bits per heavy atom. The van der Waals surface area contributed by atoms with Crippen LogP contribution in [0.15, 0.2) is 60.7 Å². The lowest BCUT2D eigenvalue weighted by atomic mass is 9.92. The summed E-state index contributed by atoms with van der Waals surface area (Å²) in [7, 11) is 0. The van der Waals surface area contributed by atoms with Crippen LogP contribution in [0.25, 0.3) is 0 Å². The van der Waals surface area contributed by atoms with Crippen LogP contribution in [0, 0.1) is 0 Å². The molecule has 0 aromatic heterocycles. The molecule has 4 heteroatoms. The number of carbonyl (C=O) groups is 2. The molecular formula is C19H20N2O2. The lowest BCUT2D eigenvalue weighted by Crippen LogP contribution is -2.64. The number of piperazine rings is 1. The van der Waals surface area contributed by atoms with E-state index in [0.717, 1.165) is 11.1 Å². The molecule has 1 aliphatic heterocycles. The number of rotatable bonds is 3. The van der Waals surface area contributed by atoms with E-state index in [1.165, 1.54) is 0 Å². The summed E-state index contributed by atoms with van der Waals surface area (Å²) in [5, 5.41) is 2.84. The van der Waals surface area contributed by atoms with Gasteiger partial charge in [-0.15, -0.1) is 0 Å². The molecule has 1 fully saturated rings. The molecule has 0 saturated carbocycles. The van der Waals surface area contributed by atoms with Crippen molar-refractivity contribution in [2.75, 3.05) is 0 Å². The van der Waals surface area contributed by atoms with E-state index < -0.39 is 11.6 Å². The van der Waals surface area contributed by atoms with Crippen molar-refractivity contribution in [1.82, 2.24) is 10.2 Å². The number of amides is 2. The Balaban J connectivity index is 2.00. The summed E-state index contributed by atoms with van der Waals surface area (Å²) in [6.07, 6.45) is 0. The molecule has 1 heterocycles. The van der Waals surface area contributed by atoms with Crippen molar-refractivity contribution in [3.63, 3.8) is 0 Å². The minimum absolute atomic E-state index is 0.0743. The number of hydrogen-bond donors (Lipinski definition) is 1. The Labute approximate surface area is 136 Å². The van der Waals surface area contributed by atoms with Gasteiger partial charge in [0, 0.05) is 6.54 Å². The van der Waals surface area contributed by atoms with Crippen molar-refractivity contribution in [3.05, 3.63) is 71.8 Å². The quantitative estimate of drug-likeness (QED) is 0.947. The molecular weight excluding hydrogens is 288 g/mol. The highest BCUT2D eigenvalue weighted by Gasteiger charge is 2.45. The van der Waals surface area contributed by atoms with Crippen molar-refractivity contribution >= 4 is 11.8 Å². The minimum atomic E-state index is -0.892. The van der Waals surface area contributed by atoms with Crippen molar-refractivity contribution in [1.29, 1.82) is 0 Å². The van der Waals surface area contributed by atoms with Crippen LogP contribution in [0.3, 0.4) is 0 Å². The lowest BCUT2D eigenvalue weighted by molar-refractivity contribution is -0.154. The molecule has 2 aromatic carbocycles. The monoisotopic (exact) mass is 308 g/mol. The zero-order valence-electron chi connectivity index (χ0n) is 13.3. The van der Waals surface area contributed by atoms with Crippen LogP contribution in [0.5, 0.6) is 0 Å². The van der Waals surface area contributed by atoms with Crippen LogP contribution in [-0.4, -0.2) is 22.3 Å². The van der Waals surface area contributed by atoms with Crippen LogP contribution in [0.1, 0.15) is 31.0 Å². The predicted octanol–water partition coefficient (Wildman–Crippen LogP) is 2.66. The predicted molar refractivity (Wildman–Crippen MR) is 88.4 cm³/mol. The molecule has 1 unspecified atom stereocenters. The second-order valence-corrected chi connectivity index (χ2v) is 6.35. The molecule has 1 saturated heterocycles. The first-order chi connectivity index (χ1) is 11.0. The normalized spacial score (nSPS) is 20.3. The maximum atomic E-state index is 12.9. The molecule has 4 nitrogen and oxygen atoms in total. The fourth-order valence-electron chi connectivity index (χ4n) is 2.96. The molecule has 2 aromatic rings.